The summed E-state index contributed by atoms with van der Waals surface area (Å²) < 4.78 is 0. The predicted molar refractivity (Wildman–Crippen MR) is 92.1 cm³/mol. The number of hydrogen-bond acceptors (Lipinski definition) is 3. The molecule has 0 spiro atoms. The molecule has 1 N–H and O–H groups in total. The SMILES string of the molecule is CC(C)(C)c1ccc(CNc2ccc3ncccc3c2)s1. The summed E-state index contributed by atoms with van der Waals surface area (Å²) >= 11 is 1.89. The van der Waals surface area contributed by atoms with Gasteiger partial charge in [0.05, 0.1) is 5.52 Å². The van der Waals surface area contributed by atoms with Crippen LogP contribution in [-0.2, 0) is 12.0 Å². The Morgan fingerprint density at radius 1 is 1.10 bits per heavy atom. The van der Waals surface area contributed by atoms with Gasteiger partial charge in [-0.3, -0.25) is 4.98 Å². The third kappa shape index (κ3) is 3.24. The molecule has 3 rings (SSSR count). The molecule has 0 fully saturated rings. The van der Waals surface area contributed by atoms with E-state index in [1.165, 1.54) is 15.1 Å². The Balaban J connectivity index is 1.73. The summed E-state index contributed by atoms with van der Waals surface area (Å²) in [6, 6.07) is 14.8. The maximum Gasteiger partial charge on any atom is 0.0703 e. The highest BCUT2D eigenvalue weighted by atomic mass is 32.1. The molecule has 0 aliphatic rings. The number of aromatic nitrogens is 1. The van der Waals surface area contributed by atoms with Crippen LogP contribution in [-0.4, -0.2) is 4.98 Å². The molecule has 0 aliphatic carbocycles. The Morgan fingerprint density at radius 3 is 2.71 bits per heavy atom. The van der Waals surface area contributed by atoms with E-state index < -0.39 is 0 Å². The van der Waals surface area contributed by atoms with Gasteiger partial charge in [-0.25, -0.2) is 0 Å². The van der Waals surface area contributed by atoms with E-state index in [4.69, 9.17) is 0 Å². The predicted octanol–water partition coefficient (Wildman–Crippen LogP) is 5.21. The molecular formula is C18H20N2S. The number of thiophene rings is 1. The van der Waals surface area contributed by atoms with Gasteiger partial charge in [0.15, 0.2) is 0 Å². The van der Waals surface area contributed by atoms with Gasteiger partial charge in [0.2, 0.25) is 0 Å². The number of nitrogens with zero attached hydrogens (tertiary/aromatic N) is 1. The fraction of sp³-hybridized carbons (Fsp3) is 0.278. The minimum Gasteiger partial charge on any atom is -0.380 e. The molecule has 0 saturated heterocycles. The zero-order valence-electron chi connectivity index (χ0n) is 12.7. The molecular weight excluding hydrogens is 276 g/mol. The van der Waals surface area contributed by atoms with Crippen LogP contribution in [0, 0.1) is 0 Å². The van der Waals surface area contributed by atoms with Gasteiger partial charge in [0.1, 0.15) is 0 Å². The Hall–Kier alpha value is -1.87. The van der Waals surface area contributed by atoms with Gasteiger partial charge < -0.3 is 5.32 Å². The number of fused-ring (bicyclic) bond motifs is 1. The highest BCUT2D eigenvalue weighted by Gasteiger charge is 2.15. The van der Waals surface area contributed by atoms with Crippen molar-refractivity contribution < 1.29 is 0 Å². The molecule has 21 heavy (non-hydrogen) atoms. The molecule has 0 amide bonds. The van der Waals surface area contributed by atoms with Gasteiger partial charge in [-0.05, 0) is 41.8 Å². The number of rotatable bonds is 3. The van der Waals surface area contributed by atoms with Crippen molar-refractivity contribution in [3.05, 3.63) is 58.4 Å². The lowest BCUT2D eigenvalue weighted by molar-refractivity contribution is 0.604. The molecule has 2 aromatic heterocycles. The summed E-state index contributed by atoms with van der Waals surface area (Å²) in [7, 11) is 0. The Kier molecular flexibility index (Phi) is 3.68. The normalized spacial score (nSPS) is 11.8. The van der Waals surface area contributed by atoms with E-state index in [1.54, 1.807) is 0 Å². The quantitative estimate of drug-likeness (QED) is 0.718. The van der Waals surface area contributed by atoms with Crippen molar-refractivity contribution in [1.29, 1.82) is 0 Å². The second kappa shape index (κ2) is 5.49. The fourth-order valence-electron chi connectivity index (χ4n) is 2.25. The summed E-state index contributed by atoms with van der Waals surface area (Å²) in [6.45, 7) is 7.64. The first-order valence-electron chi connectivity index (χ1n) is 7.20. The lowest BCUT2D eigenvalue weighted by Crippen LogP contribution is -2.07. The zero-order valence-corrected chi connectivity index (χ0v) is 13.5. The third-order valence-corrected chi connectivity index (χ3v) is 4.98. The summed E-state index contributed by atoms with van der Waals surface area (Å²) in [5.74, 6) is 0. The number of anilines is 1. The second-order valence-electron chi connectivity index (χ2n) is 6.28. The second-order valence-corrected chi connectivity index (χ2v) is 7.45. The molecule has 2 nitrogen and oxygen atoms in total. The van der Waals surface area contributed by atoms with E-state index in [0.717, 1.165) is 17.7 Å². The van der Waals surface area contributed by atoms with Crippen molar-refractivity contribution >= 4 is 27.9 Å². The van der Waals surface area contributed by atoms with E-state index in [9.17, 15) is 0 Å². The molecule has 0 radical (unpaired) electrons. The zero-order chi connectivity index (χ0) is 14.9. The standard InChI is InChI=1S/C18H20N2S/c1-18(2,3)17-9-7-15(21-17)12-20-14-6-8-16-13(11-14)5-4-10-19-16/h4-11,20H,12H2,1-3H3. The van der Waals surface area contributed by atoms with Gasteiger partial charge in [0.25, 0.3) is 0 Å². The summed E-state index contributed by atoms with van der Waals surface area (Å²) in [5, 5.41) is 4.67. The first-order valence-corrected chi connectivity index (χ1v) is 8.02. The number of pyridine rings is 1. The van der Waals surface area contributed by atoms with E-state index in [2.05, 4.69) is 67.5 Å². The smallest absolute Gasteiger partial charge is 0.0703 e. The minimum absolute atomic E-state index is 0.234. The van der Waals surface area contributed by atoms with Crippen LogP contribution in [0.25, 0.3) is 10.9 Å². The van der Waals surface area contributed by atoms with E-state index in [1.807, 2.05) is 23.6 Å². The maximum absolute atomic E-state index is 4.35. The van der Waals surface area contributed by atoms with Crippen LogP contribution in [0.3, 0.4) is 0 Å². The highest BCUT2D eigenvalue weighted by molar-refractivity contribution is 7.12. The molecule has 2 heterocycles. The summed E-state index contributed by atoms with van der Waals surface area (Å²) in [4.78, 5) is 7.14. The van der Waals surface area contributed by atoms with Crippen LogP contribution in [0.15, 0.2) is 48.7 Å². The van der Waals surface area contributed by atoms with Crippen LogP contribution in [0.5, 0.6) is 0 Å². The topological polar surface area (TPSA) is 24.9 Å². The molecule has 0 unspecified atom stereocenters. The summed E-state index contributed by atoms with van der Waals surface area (Å²) in [6.07, 6.45) is 1.83. The van der Waals surface area contributed by atoms with Crippen LogP contribution >= 0.6 is 11.3 Å². The van der Waals surface area contributed by atoms with E-state index >= 15 is 0 Å². The van der Waals surface area contributed by atoms with Crippen LogP contribution in [0.2, 0.25) is 0 Å². The third-order valence-electron chi connectivity index (χ3n) is 3.47. The van der Waals surface area contributed by atoms with Gasteiger partial charge in [0, 0.05) is 33.6 Å². The average molecular weight is 296 g/mol. The highest BCUT2D eigenvalue weighted by Crippen LogP contribution is 2.30. The molecule has 1 aromatic carbocycles. The number of nitrogens with one attached hydrogen (secondary N) is 1. The van der Waals surface area contributed by atoms with Crippen molar-refractivity contribution in [2.45, 2.75) is 32.7 Å². The van der Waals surface area contributed by atoms with Crippen molar-refractivity contribution in [2.24, 2.45) is 0 Å². The Labute approximate surface area is 129 Å². The molecule has 0 bridgehead atoms. The van der Waals surface area contributed by atoms with Gasteiger partial charge in [-0.15, -0.1) is 11.3 Å². The van der Waals surface area contributed by atoms with Crippen LogP contribution in [0.4, 0.5) is 5.69 Å². The number of benzene rings is 1. The molecule has 0 atom stereocenters. The monoisotopic (exact) mass is 296 g/mol. The molecule has 108 valence electrons. The first-order chi connectivity index (χ1) is 10.0. The van der Waals surface area contributed by atoms with Crippen LogP contribution < -0.4 is 5.32 Å². The lowest BCUT2D eigenvalue weighted by Gasteiger charge is -2.15. The van der Waals surface area contributed by atoms with Crippen LogP contribution in [0.1, 0.15) is 30.5 Å². The van der Waals surface area contributed by atoms with Gasteiger partial charge >= 0.3 is 0 Å². The van der Waals surface area contributed by atoms with Crippen molar-refractivity contribution in [3.63, 3.8) is 0 Å². The molecule has 0 aliphatic heterocycles. The summed E-state index contributed by atoms with van der Waals surface area (Å²) in [5.41, 5.74) is 2.41. The van der Waals surface area contributed by atoms with Crippen molar-refractivity contribution in [3.8, 4) is 0 Å². The van der Waals surface area contributed by atoms with Crippen molar-refractivity contribution in [2.75, 3.05) is 5.32 Å². The lowest BCUT2D eigenvalue weighted by atomic mass is 9.95. The minimum atomic E-state index is 0.234. The molecule has 0 saturated carbocycles. The fourth-order valence-corrected chi connectivity index (χ4v) is 3.26. The van der Waals surface area contributed by atoms with Gasteiger partial charge in [-0.1, -0.05) is 26.8 Å². The molecule has 3 heteroatoms. The largest absolute Gasteiger partial charge is 0.380 e. The van der Waals surface area contributed by atoms with E-state index in [0.29, 0.717) is 0 Å². The van der Waals surface area contributed by atoms with Gasteiger partial charge in [-0.2, -0.15) is 0 Å². The molecule has 3 aromatic rings. The Morgan fingerprint density at radius 2 is 1.95 bits per heavy atom. The average Bonchev–Trinajstić information content (AvgIpc) is 2.94. The number of hydrogen-bond donors (Lipinski definition) is 1. The maximum atomic E-state index is 4.35. The van der Waals surface area contributed by atoms with Crippen molar-refractivity contribution in [1.82, 2.24) is 4.98 Å². The van der Waals surface area contributed by atoms with E-state index in [-0.39, 0.29) is 5.41 Å². The first kappa shape index (κ1) is 14.1. The Bertz CT molecular complexity index is 753.